The number of rotatable bonds is 4. The first-order valence-electron chi connectivity index (χ1n) is 5.13. The summed E-state index contributed by atoms with van der Waals surface area (Å²) in [5, 5.41) is 12.7. The van der Waals surface area contributed by atoms with Crippen LogP contribution in [0.1, 0.15) is 26.7 Å². The minimum atomic E-state index is -0.829. The molecule has 0 aromatic heterocycles. The zero-order valence-electron chi connectivity index (χ0n) is 9.41. The number of likely N-dealkylation sites (tertiary alicyclic amines) is 1. The lowest BCUT2D eigenvalue weighted by Crippen LogP contribution is -2.45. The van der Waals surface area contributed by atoms with E-state index in [0.29, 0.717) is 13.0 Å². The Morgan fingerprint density at radius 1 is 1.60 bits per heavy atom. The van der Waals surface area contributed by atoms with Gasteiger partial charge in [-0.15, -0.1) is 0 Å². The minimum absolute atomic E-state index is 0.173. The molecule has 0 aromatic rings. The van der Waals surface area contributed by atoms with Crippen molar-refractivity contribution >= 4 is 11.8 Å². The van der Waals surface area contributed by atoms with E-state index in [4.69, 9.17) is 0 Å². The van der Waals surface area contributed by atoms with Crippen molar-refractivity contribution in [3.8, 4) is 0 Å². The highest BCUT2D eigenvalue weighted by Crippen LogP contribution is 2.12. The quantitative estimate of drug-likeness (QED) is 0.619. The Bertz CT molecular complexity index is 276. The van der Waals surface area contributed by atoms with Crippen LogP contribution in [-0.4, -0.2) is 47.1 Å². The lowest BCUT2D eigenvalue weighted by molar-refractivity contribution is -0.137. The molecular formula is C10H18N2O3. The summed E-state index contributed by atoms with van der Waals surface area (Å²) in [6.45, 7) is 3.89. The summed E-state index contributed by atoms with van der Waals surface area (Å²) in [5.74, 6) is -0.388. The van der Waals surface area contributed by atoms with Crippen LogP contribution in [-0.2, 0) is 9.59 Å². The SMILES string of the molecule is CCC(C)(O)CNC1CC(=O)N(C)C1=O. The van der Waals surface area contributed by atoms with E-state index in [9.17, 15) is 14.7 Å². The van der Waals surface area contributed by atoms with Gasteiger partial charge in [-0.2, -0.15) is 0 Å². The number of carbonyl (C=O) groups is 2. The average molecular weight is 214 g/mol. The standard InChI is InChI=1S/C10H18N2O3/c1-4-10(2,15)6-11-7-5-8(13)12(3)9(7)14/h7,11,15H,4-6H2,1-3H3. The Kier molecular flexibility index (Phi) is 3.46. The van der Waals surface area contributed by atoms with Gasteiger partial charge in [0.1, 0.15) is 0 Å². The van der Waals surface area contributed by atoms with Gasteiger partial charge in [0.15, 0.2) is 0 Å². The van der Waals surface area contributed by atoms with Gasteiger partial charge >= 0.3 is 0 Å². The number of likely N-dealkylation sites (N-methyl/N-ethyl adjacent to an activating group) is 1. The average Bonchev–Trinajstić information content (AvgIpc) is 2.43. The van der Waals surface area contributed by atoms with E-state index in [1.165, 1.54) is 7.05 Å². The van der Waals surface area contributed by atoms with Gasteiger partial charge in [-0.05, 0) is 13.3 Å². The number of aliphatic hydroxyl groups is 1. The van der Waals surface area contributed by atoms with Crippen molar-refractivity contribution in [3.63, 3.8) is 0 Å². The maximum Gasteiger partial charge on any atom is 0.246 e. The minimum Gasteiger partial charge on any atom is -0.389 e. The zero-order valence-corrected chi connectivity index (χ0v) is 9.41. The van der Waals surface area contributed by atoms with Gasteiger partial charge in [0, 0.05) is 13.6 Å². The van der Waals surface area contributed by atoms with Gasteiger partial charge in [0.05, 0.1) is 18.1 Å². The van der Waals surface area contributed by atoms with Crippen molar-refractivity contribution in [2.45, 2.75) is 38.3 Å². The van der Waals surface area contributed by atoms with Gasteiger partial charge in [0.2, 0.25) is 11.8 Å². The molecule has 5 nitrogen and oxygen atoms in total. The summed E-state index contributed by atoms with van der Waals surface area (Å²) in [7, 11) is 1.48. The molecule has 2 atom stereocenters. The van der Waals surface area contributed by atoms with Crippen LogP contribution in [0.3, 0.4) is 0 Å². The van der Waals surface area contributed by atoms with Crippen molar-refractivity contribution in [2.24, 2.45) is 0 Å². The molecule has 1 saturated heterocycles. The van der Waals surface area contributed by atoms with E-state index in [2.05, 4.69) is 5.32 Å². The molecular weight excluding hydrogens is 196 g/mol. The van der Waals surface area contributed by atoms with E-state index >= 15 is 0 Å². The predicted molar refractivity (Wildman–Crippen MR) is 55.1 cm³/mol. The van der Waals surface area contributed by atoms with Crippen LogP contribution in [0.4, 0.5) is 0 Å². The first-order chi connectivity index (χ1) is 6.87. The summed E-state index contributed by atoms with van der Waals surface area (Å²) in [6, 6.07) is -0.472. The molecule has 0 bridgehead atoms. The lowest BCUT2D eigenvalue weighted by Gasteiger charge is -2.23. The van der Waals surface area contributed by atoms with Gasteiger partial charge in [0.25, 0.3) is 0 Å². The molecule has 86 valence electrons. The molecule has 0 aliphatic carbocycles. The number of nitrogens with one attached hydrogen (secondary N) is 1. The topological polar surface area (TPSA) is 69.6 Å². The van der Waals surface area contributed by atoms with Crippen LogP contribution < -0.4 is 5.32 Å². The number of hydrogen-bond donors (Lipinski definition) is 2. The van der Waals surface area contributed by atoms with Crippen LogP contribution in [0.15, 0.2) is 0 Å². The molecule has 1 heterocycles. The number of nitrogens with zero attached hydrogens (tertiary/aromatic N) is 1. The summed E-state index contributed by atoms with van der Waals surface area (Å²) in [5.41, 5.74) is -0.829. The summed E-state index contributed by atoms with van der Waals surface area (Å²) < 4.78 is 0. The third kappa shape index (κ3) is 2.76. The predicted octanol–water partition coefficient (Wildman–Crippen LogP) is -0.506. The zero-order chi connectivity index (χ0) is 11.6. The molecule has 2 unspecified atom stereocenters. The van der Waals surface area contributed by atoms with Gasteiger partial charge in [-0.3, -0.25) is 14.5 Å². The Morgan fingerprint density at radius 3 is 2.60 bits per heavy atom. The molecule has 2 N–H and O–H groups in total. The molecule has 5 heteroatoms. The number of amides is 2. The van der Waals surface area contributed by atoms with E-state index in [1.807, 2.05) is 6.92 Å². The van der Waals surface area contributed by atoms with Crippen LogP contribution >= 0.6 is 0 Å². The molecule has 0 aromatic carbocycles. The Balaban J connectivity index is 2.48. The third-order valence-electron chi connectivity index (χ3n) is 2.87. The van der Waals surface area contributed by atoms with E-state index in [-0.39, 0.29) is 18.2 Å². The van der Waals surface area contributed by atoms with E-state index < -0.39 is 11.6 Å². The first kappa shape index (κ1) is 12.1. The smallest absolute Gasteiger partial charge is 0.246 e. The highest BCUT2D eigenvalue weighted by atomic mass is 16.3. The molecule has 1 aliphatic heterocycles. The molecule has 0 saturated carbocycles. The number of imide groups is 1. The van der Waals surface area contributed by atoms with Crippen LogP contribution in [0.2, 0.25) is 0 Å². The second-order valence-corrected chi connectivity index (χ2v) is 4.28. The summed E-state index contributed by atoms with van der Waals surface area (Å²) >= 11 is 0. The fraction of sp³-hybridized carbons (Fsp3) is 0.800. The Labute approximate surface area is 89.4 Å². The summed E-state index contributed by atoms with van der Waals surface area (Å²) in [4.78, 5) is 23.8. The lowest BCUT2D eigenvalue weighted by atomic mass is 10.0. The Morgan fingerprint density at radius 2 is 2.20 bits per heavy atom. The van der Waals surface area contributed by atoms with Gasteiger partial charge < -0.3 is 10.4 Å². The maximum absolute atomic E-state index is 11.5. The molecule has 1 fully saturated rings. The van der Waals surface area contributed by atoms with E-state index in [1.54, 1.807) is 6.92 Å². The first-order valence-corrected chi connectivity index (χ1v) is 5.13. The summed E-state index contributed by atoms with van der Waals surface area (Å²) in [6.07, 6.45) is 0.791. The van der Waals surface area contributed by atoms with Crippen molar-refractivity contribution < 1.29 is 14.7 Å². The molecule has 0 spiro atoms. The van der Waals surface area contributed by atoms with Crippen LogP contribution in [0.25, 0.3) is 0 Å². The molecule has 2 amide bonds. The Hall–Kier alpha value is -0.940. The number of carbonyl (C=O) groups excluding carboxylic acids is 2. The molecule has 15 heavy (non-hydrogen) atoms. The maximum atomic E-state index is 11.5. The molecule has 1 aliphatic rings. The second-order valence-electron chi connectivity index (χ2n) is 4.28. The largest absolute Gasteiger partial charge is 0.389 e. The van der Waals surface area contributed by atoms with E-state index in [0.717, 1.165) is 4.90 Å². The highest BCUT2D eigenvalue weighted by Gasteiger charge is 2.36. The normalized spacial score (nSPS) is 25.9. The van der Waals surface area contributed by atoms with Crippen molar-refractivity contribution in [2.75, 3.05) is 13.6 Å². The molecule has 1 rings (SSSR count). The number of hydrogen-bond acceptors (Lipinski definition) is 4. The van der Waals surface area contributed by atoms with Crippen molar-refractivity contribution in [1.82, 2.24) is 10.2 Å². The third-order valence-corrected chi connectivity index (χ3v) is 2.87. The second kappa shape index (κ2) is 4.28. The van der Waals surface area contributed by atoms with Gasteiger partial charge in [-0.25, -0.2) is 0 Å². The fourth-order valence-corrected chi connectivity index (χ4v) is 1.38. The van der Waals surface area contributed by atoms with Crippen molar-refractivity contribution in [1.29, 1.82) is 0 Å². The highest BCUT2D eigenvalue weighted by molar-refractivity contribution is 6.05. The molecule has 0 radical (unpaired) electrons. The van der Waals surface area contributed by atoms with Crippen LogP contribution in [0.5, 0.6) is 0 Å². The van der Waals surface area contributed by atoms with Crippen LogP contribution in [0, 0.1) is 0 Å². The van der Waals surface area contributed by atoms with Gasteiger partial charge in [-0.1, -0.05) is 6.92 Å². The fourth-order valence-electron chi connectivity index (χ4n) is 1.38. The monoisotopic (exact) mass is 214 g/mol. The van der Waals surface area contributed by atoms with Crippen molar-refractivity contribution in [3.05, 3.63) is 0 Å².